The molecule has 4 rings (SSSR count). The number of aromatic hydroxyl groups is 1. The number of amides is 1. The van der Waals surface area contributed by atoms with Gasteiger partial charge in [0, 0.05) is 13.1 Å². The Morgan fingerprint density at radius 1 is 0.963 bits per heavy atom. The monoisotopic (exact) mass is 363 g/mol. The van der Waals surface area contributed by atoms with Gasteiger partial charge < -0.3 is 19.5 Å². The van der Waals surface area contributed by atoms with Crippen molar-refractivity contribution in [2.45, 2.75) is 13.0 Å². The molecule has 0 aromatic heterocycles. The van der Waals surface area contributed by atoms with Crippen LogP contribution in [0.25, 0.3) is 10.8 Å². The first-order chi connectivity index (χ1) is 13.1. The van der Waals surface area contributed by atoms with Crippen molar-refractivity contribution in [1.82, 2.24) is 4.90 Å². The number of ether oxygens (including phenoxy) is 2. The average molecular weight is 363 g/mol. The number of phenols is 1. The summed E-state index contributed by atoms with van der Waals surface area (Å²) in [4.78, 5) is 14.8. The van der Waals surface area contributed by atoms with Crippen molar-refractivity contribution in [3.8, 4) is 17.2 Å². The maximum Gasteiger partial charge on any atom is 0.257 e. The van der Waals surface area contributed by atoms with Crippen molar-refractivity contribution in [2.24, 2.45) is 0 Å². The minimum Gasteiger partial charge on any atom is -0.507 e. The maximum atomic E-state index is 13.1. The van der Waals surface area contributed by atoms with Crippen molar-refractivity contribution in [2.75, 3.05) is 20.8 Å². The summed E-state index contributed by atoms with van der Waals surface area (Å²) in [5, 5.41) is 12.2. The zero-order valence-electron chi connectivity index (χ0n) is 15.4. The van der Waals surface area contributed by atoms with Crippen molar-refractivity contribution in [1.29, 1.82) is 0 Å². The fraction of sp³-hybridized carbons (Fsp3) is 0.227. The second kappa shape index (κ2) is 6.83. The quantitative estimate of drug-likeness (QED) is 0.770. The number of nitrogens with zero attached hydrogens (tertiary/aromatic N) is 1. The van der Waals surface area contributed by atoms with Gasteiger partial charge in [-0.1, -0.05) is 24.3 Å². The van der Waals surface area contributed by atoms with Crippen molar-refractivity contribution < 1.29 is 19.4 Å². The molecule has 1 aliphatic heterocycles. The van der Waals surface area contributed by atoms with Crippen LogP contribution in [-0.2, 0) is 13.0 Å². The van der Waals surface area contributed by atoms with Crippen LogP contribution in [0.4, 0.5) is 0 Å². The third-order valence-electron chi connectivity index (χ3n) is 5.10. The van der Waals surface area contributed by atoms with Crippen LogP contribution >= 0.6 is 0 Å². The first kappa shape index (κ1) is 17.2. The summed E-state index contributed by atoms with van der Waals surface area (Å²) in [6.07, 6.45) is 0.732. The van der Waals surface area contributed by atoms with Crippen LogP contribution in [-0.4, -0.2) is 36.7 Å². The lowest BCUT2D eigenvalue weighted by molar-refractivity contribution is 0.0731. The molecule has 0 radical (unpaired) electrons. The number of methoxy groups -OCH3 is 2. The molecule has 1 amide bonds. The average Bonchev–Trinajstić information content (AvgIpc) is 2.71. The van der Waals surface area contributed by atoms with E-state index in [0.717, 1.165) is 28.3 Å². The van der Waals surface area contributed by atoms with Crippen molar-refractivity contribution >= 4 is 16.7 Å². The van der Waals surface area contributed by atoms with Gasteiger partial charge in [0.25, 0.3) is 5.91 Å². The van der Waals surface area contributed by atoms with Gasteiger partial charge in [-0.2, -0.15) is 0 Å². The Bertz CT molecular complexity index is 1030. The predicted octanol–water partition coefficient (Wildman–Crippen LogP) is 3.76. The minimum absolute atomic E-state index is 0.0109. The fourth-order valence-electron chi connectivity index (χ4n) is 3.63. The molecule has 0 atom stereocenters. The normalized spacial score (nSPS) is 13.3. The third kappa shape index (κ3) is 3.05. The van der Waals surface area contributed by atoms with Gasteiger partial charge in [0.2, 0.25) is 0 Å². The van der Waals surface area contributed by atoms with Gasteiger partial charge in [0.1, 0.15) is 5.75 Å². The smallest absolute Gasteiger partial charge is 0.257 e. The van der Waals surface area contributed by atoms with Crippen LogP contribution < -0.4 is 9.47 Å². The van der Waals surface area contributed by atoms with E-state index in [2.05, 4.69) is 0 Å². The number of fused-ring (bicyclic) bond motifs is 2. The topological polar surface area (TPSA) is 59.0 Å². The van der Waals surface area contributed by atoms with E-state index in [4.69, 9.17) is 9.47 Å². The Morgan fingerprint density at radius 3 is 2.26 bits per heavy atom. The molecule has 0 unspecified atom stereocenters. The zero-order valence-corrected chi connectivity index (χ0v) is 15.4. The van der Waals surface area contributed by atoms with E-state index in [1.54, 1.807) is 31.3 Å². The summed E-state index contributed by atoms with van der Waals surface area (Å²) >= 11 is 0. The van der Waals surface area contributed by atoms with E-state index in [1.807, 2.05) is 36.4 Å². The van der Waals surface area contributed by atoms with Crippen LogP contribution in [0, 0.1) is 0 Å². The van der Waals surface area contributed by atoms with Crippen LogP contribution in [0.2, 0.25) is 0 Å². The third-order valence-corrected chi connectivity index (χ3v) is 5.10. The Balaban J connectivity index is 1.66. The number of carbonyl (C=O) groups excluding carboxylic acids is 1. The molecule has 1 aliphatic rings. The highest BCUT2D eigenvalue weighted by Crippen LogP contribution is 2.34. The van der Waals surface area contributed by atoms with Gasteiger partial charge in [-0.25, -0.2) is 0 Å². The number of rotatable bonds is 3. The van der Waals surface area contributed by atoms with Crippen LogP contribution in [0.3, 0.4) is 0 Å². The standard InChI is InChI=1S/C22H21NO4/c1-26-20-11-16-7-8-23(13-17(16)12-21(20)27-2)22(25)18-9-14-5-3-4-6-15(14)10-19(18)24/h3-6,9-12,24H,7-8,13H2,1-2H3. The molecule has 1 N–H and O–H groups in total. The Kier molecular flexibility index (Phi) is 4.36. The second-order valence-corrected chi connectivity index (χ2v) is 6.67. The Hall–Kier alpha value is -3.21. The molecule has 0 saturated carbocycles. The maximum absolute atomic E-state index is 13.1. The summed E-state index contributed by atoms with van der Waals surface area (Å²) in [5.74, 6) is 1.19. The number of hydrogen-bond donors (Lipinski definition) is 1. The van der Waals surface area contributed by atoms with E-state index in [9.17, 15) is 9.90 Å². The molecular weight excluding hydrogens is 342 g/mol. The molecule has 0 bridgehead atoms. The number of benzene rings is 3. The summed E-state index contributed by atoms with van der Waals surface area (Å²) in [5.41, 5.74) is 2.52. The molecule has 138 valence electrons. The number of carbonyl (C=O) groups is 1. The molecule has 0 aliphatic carbocycles. The highest BCUT2D eigenvalue weighted by atomic mass is 16.5. The predicted molar refractivity (Wildman–Crippen MR) is 104 cm³/mol. The van der Waals surface area contributed by atoms with Gasteiger partial charge >= 0.3 is 0 Å². The van der Waals surface area contributed by atoms with Gasteiger partial charge in [0.05, 0.1) is 19.8 Å². The first-order valence-corrected chi connectivity index (χ1v) is 8.85. The summed E-state index contributed by atoms with van der Waals surface area (Å²) < 4.78 is 10.7. The summed E-state index contributed by atoms with van der Waals surface area (Å²) in [6, 6.07) is 15.0. The lowest BCUT2D eigenvalue weighted by atomic mass is 9.97. The molecule has 3 aromatic carbocycles. The lowest BCUT2D eigenvalue weighted by Gasteiger charge is -2.30. The van der Waals surface area contributed by atoms with Gasteiger partial charge in [0.15, 0.2) is 11.5 Å². The highest BCUT2D eigenvalue weighted by Gasteiger charge is 2.25. The fourth-order valence-corrected chi connectivity index (χ4v) is 3.63. The van der Waals surface area contributed by atoms with E-state index in [-0.39, 0.29) is 11.7 Å². The molecular formula is C22H21NO4. The molecule has 27 heavy (non-hydrogen) atoms. The Morgan fingerprint density at radius 2 is 1.59 bits per heavy atom. The molecule has 0 fully saturated rings. The zero-order chi connectivity index (χ0) is 19.0. The van der Waals surface area contributed by atoms with Crippen LogP contribution in [0.1, 0.15) is 21.5 Å². The highest BCUT2D eigenvalue weighted by molar-refractivity contribution is 6.01. The van der Waals surface area contributed by atoms with Gasteiger partial charge in [-0.05, 0) is 52.6 Å². The van der Waals surface area contributed by atoms with Gasteiger partial charge in [-0.15, -0.1) is 0 Å². The van der Waals surface area contributed by atoms with E-state index in [0.29, 0.717) is 30.2 Å². The molecule has 3 aromatic rings. The lowest BCUT2D eigenvalue weighted by Crippen LogP contribution is -2.36. The van der Waals surface area contributed by atoms with Gasteiger partial charge in [-0.3, -0.25) is 4.79 Å². The first-order valence-electron chi connectivity index (χ1n) is 8.85. The summed E-state index contributed by atoms with van der Waals surface area (Å²) in [7, 11) is 3.22. The molecule has 0 saturated heterocycles. The van der Waals surface area contributed by atoms with Crippen LogP contribution in [0.15, 0.2) is 48.5 Å². The van der Waals surface area contributed by atoms with E-state index in [1.165, 1.54) is 0 Å². The molecule has 5 heteroatoms. The largest absolute Gasteiger partial charge is 0.507 e. The SMILES string of the molecule is COc1cc2c(cc1OC)CN(C(=O)c1cc3ccccc3cc1O)CC2. The molecule has 1 heterocycles. The van der Waals surface area contributed by atoms with Crippen LogP contribution in [0.5, 0.6) is 17.2 Å². The number of hydrogen-bond acceptors (Lipinski definition) is 4. The second-order valence-electron chi connectivity index (χ2n) is 6.67. The van der Waals surface area contributed by atoms with E-state index >= 15 is 0 Å². The minimum atomic E-state index is -0.168. The van der Waals surface area contributed by atoms with Crippen molar-refractivity contribution in [3.63, 3.8) is 0 Å². The van der Waals surface area contributed by atoms with E-state index < -0.39 is 0 Å². The van der Waals surface area contributed by atoms with Crippen molar-refractivity contribution in [3.05, 3.63) is 65.2 Å². The molecule has 0 spiro atoms. The summed E-state index contributed by atoms with van der Waals surface area (Å²) in [6.45, 7) is 1.06. The Labute approximate surface area is 157 Å². The number of phenolic OH excluding ortho intramolecular Hbond substituents is 1. The molecule has 5 nitrogen and oxygen atoms in total.